The summed E-state index contributed by atoms with van der Waals surface area (Å²) >= 11 is 16.1. The standard InChI is InChI=1S/C18H17Cl2N3OS2/c19-13-7-11(22-8-9-3-2-6-25-9)18-16(23-13)14(20)17(26-18)10-4-1-5-12(24)15(10)21/h1-3,5-7,10,12,15,24H,4,8,21H2,(H,22,23)/t10-,12+,15+/m1/s1. The normalized spacial score (nSPS) is 22.8. The Morgan fingerprint density at radius 1 is 1.38 bits per heavy atom. The number of thiophene rings is 2. The molecule has 0 unspecified atom stereocenters. The number of rotatable bonds is 4. The van der Waals surface area contributed by atoms with Crippen LogP contribution in [0.4, 0.5) is 5.69 Å². The van der Waals surface area contributed by atoms with Gasteiger partial charge in [-0.1, -0.05) is 41.4 Å². The van der Waals surface area contributed by atoms with Crippen molar-refractivity contribution >= 4 is 61.8 Å². The molecule has 0 aliphatic heterocycles. The highest BCUT2D eigenvalue weighted by molar-refractivity contribution is 7.20. The van der Waals surface area contributed by atoms with Crippen molar-refractivity contribution in [1.82, 2.24) is 4.98 Å². The van der Waals surface area contributed by atoms with Crippen molar-refractivity contribution in [3.05, 3.63) is 55.7 Å². The van der Waals surface area contributed by atoms with Crippen molar-refractivity contribution in [2.24, 2.45) is 5.73 Å². The number of aliphatic hydroxyl groups is 1. The summed E-state index contributed by atoms with van der Waals surface area (Å²) in [7, 11) is 0. The third-order valence-electron chi connectivity index (χ3n) is 4.53. The van der Waals surface area contributed by atoms with E-state index in [2.05, 4.69) is 21.7 Å². The van der Waals surface area contributed by atoms with E-state index in [0.717, 1.165) is 21.7 Å². The fraction of sp³-hybridized carbons (Fsp3) is 0.278. The van der Waals surface area contributed by atoms with Crippen LogP contribution in [0.15, 0.2) is 35.7 Å². The molecule has 0 saturated carbocycles. The number of halogens is 2. The van der Waals surface area contributed by atoms with Gasteiger partial charge >= 0.3 is 0 Å². The predicted octanol–water partition coefficient (Wildman–Crippen LogP) is 5.01. The lowest BCUT2D eigenvalue weighted by Crippen LogP contribution is -2.40. The van der Waals surface area contributed by atoms with E-state index >= 15 is 0 Å². The molecule has 0 amide bonds. The molecule has 0 saturated heterocycles. The number of hydrogen-bond acceptors (Lipinski definition) is 6. The molecule has 0 radical (unpaired) electrons. The topological polar surface area (TPSA) is 71.2 Å². The number of aliphatic hydroxyl groups excluding tert-OH is 1. The molecule has 4 nitrogen and oxygen atoms in total. The first-order valence-corrected chi connectivity index (χ1v) is 10.6. The van der Waals surface area contributed by atoms with Crippen molar-refractivity contribution in [3.8, 4) is 0 Å². The van der Waals surface area contributed by atoms with Crippen LogP contribution in [0.2, 0.25) is 10.2 Å². The van der Waals surface area contributed by atoms with Gasteiger partial charge in [-0.15, -0.1) is 22.7 Å². The Balaban J connectivity index is 1.73. The first-order chi connectivity index (χ1) is 12.5. The smallest absolute Gasteiger partial charge is 0.131 e. The van der Waals surface area contributed by atoms with Gasteiger partial charge in [0.15, 0.2) is 0 Å². The van der Waals surface area contributed by atoms with E-state index in [-0.39, 0.29) is 12.0 Å². The largest absolute Gasteiger partial charge is 0.387 e. The van der Waals surface area contributed by atoms with Crippen molar-refractivity contribution in [1.29, 1.82) is 0 Å². The molecule has 26 heavy (non-hydrogen) atoms. The minimum absolute atomic E-state index is 0.0365. The molecule has 0 fully saturated rings. The second-order valence-corrected chi connectivity index (χ2v) is 9.07. The Bertz CT molecular complexity index is 955. The zero-order valence-corrected chi connectivity index (χ0v) is 16.8. The summed E-state index contributed by atoms with van der Waals surface area (Å²) in [5.74, 6) is -0.0365. The predicted molar refractivity (Wildman–Crippen MR) is 112 cm³/mol. The van der Waals surface area contributed by atoms with Crippen LogP contribution in [0, 0.1) is 0 Å². The van der Waals surface area contributed by atoms with Gasteiger partial charge in [0.05, 0.1) is 21.5 Å². The van der Waals surface area contributed by atoms with E-state index in [4.69, 9.17) is 28.9 Å². The molecule has 4 rings (SSSR count). The summed E-state index contributed by atoms with van der Waals surface area (Å²) < 4.78 is 0.960. The molecule has 3 heterocycles. The van der Waals surface area contributed by atoms with Crippen molar-refractivity contribution < 1.29 is 5.11 Å². The maximum absolute atomic E-state index is 10.1. The second-order valence-electron chi connectivity index (χ2n) is 6.22. The van der Waals surface area contributed by atoms with Crippen LogP contribution in [0.25, 0.3) is 10.2 Å². The number of fused-ring (bicyclic) bond motifs is 1. The lowest BCUT2D eigenvalue weighted by Gasteiger charge is -2.28. The van der Waals surface area contributed by atoms with E-state index in [0.29, 0.717) is 22.2 Å². The lowest BCUT2D eigenvalue weighted by molar-refractivity contribution is 0.170. The van der Waals surface area contributed by atoms with Gasteiger partial charge in [0.25, 0.3) is 0 Å². The van der Waals surface area contributed by atoms with Gasteiger partial charge in [0.1, 0.15) is 10.7 Å². The summed E-state index contributed by atoms with van der Waals surface area (Å²) in [5, 5.41) is 16.5. The van der Waals surface area contributed by atoms with E-state index in [1.165, 1.54) is 4.88 Å². The summed E-state index contributed by atoms with van der Waals surface area (Å²) in [6, 6.07) is 5.55. The maximum Gasteiger partial charge on any atom is 0.131 e. The quantitative estimate of drug-likeness (QED) is 0.405. The monoisotopic (exact) mass is 425 g/mol. The minimum Gasteiger partial charge on any atom is -0.387 e. The zero-order chi connectivity index (χ0) is 18.3. The molecule has 3 aromatic heterocycles. The van der Waals surface area contributed by atoms with Gasteiger partial charge in [-0.25, -0.2) is 4.98 Å². The van der Waals surface area contributed by atoms with Gasteiger partial charge in [0, 0.05) is 34.3 Å². The number of aromatic nitrogens is 1. The Morgan fingerprint density at radius 2 is 2.23 bits per heavy atom. The summed E-state index contributed by atoms with van der Waals surface area (Å²) in [5.41, 5.74) is 7.82. The van der Waals surface area contributed by atoms with Crippen LogP contribution >= 0.6 is 45.9 Å². The molecule has 3 atom stereocenters. The first-order valence-electron chi connectivity index (χ1n) is 8.19. The zero-order valence-electron chi connectivity index (χ0n) is 13.7. The number of allylic oxidation sites excluding steroid dienone is 1. The summed E-state index contributed by atoms with van der Waals surface area (Å²) in [4.78, 5) is 6.61. The highest BCUT2D eigenvalue weighted by atomic mass is 35.5. The number of pyridine rings is 1. The summed E-state index contributed by atoms with van der Waals surface area (Å²) in [6.45, 7) is 0.711. The molecule has 0 aromatic carbocycles. The van der Waals surface area contributed by atoms with Crippen LogP contribution in [0.3, 0.4) is 0 Å². The first kappa shape index (κ1) is 18.2. The van der Waals surface area contributed by atoms with E-state index in [9.17, 15) is 5.11 Å². The van der Waals surface area contributed by atoms with Gasteiger partial charge < -0.3 is 16.2 Å². The molecule has 1 aliphatic carbocycles. The van der Waals surface area contributed by atoms with Gasteiger partial charge in [0.2, 0.25) is 0 Å². The lowest BCUT2D eigenvalue weighted by atomic mass is 9.86. The van der Waals surface area contributed by atoms with E-state index < -0.39 is 6.10 Å². The van der Waals surface area contributed by atoms with Gasteiger partial charge in [-0.2, -0.15) is 0 Å². The van der Waals surface area contributed by atoms with Gasteiger partial charge in [-0.3, -0.25) is 0 Å². The fourth-order valence-electron chi connectivity index (χ4n) is 3.16. The van der Waals surface area contributed by atoms with Crippen molar-refractivity contribution in [2.75, 3.05) is 5.32 Å². The fourth-order valence-corrected chi connectivity index (χ4v) is 5.74. The SMILES string of the molecule is N[C@@H]1[C@@H](O)C=CC[C@H]1c1sc2c(NCc3cccs3)cc(Cl)nc2c1Cl. The average Bonchev–Trinajstić information content (AvgIpc) is 3.24. The Hall–Kier alpha value is -1.15. The average molecular weight is 426 g/mol. The highest BCUT2D eigenvalue weighted by Crippen LogP contribution is 2.45. The molecule has 136 valence electrons. The Kier molecular flexibility index (Phi) is 5.23. The molecule has 0 spiro atoms. The number of nitrogens with two attached hydrogens (primary N) is 1. The van der Waals surface area contributed by atoms with E-state index in [1.807, 2.05) is 18.2 Å². The number of anilines is 1. The molecule has 1 aliphatic rings. The van der Waals surface area contributed by atoms with Crippen LogP contribution in [-0.2, 0) is 6.54 Å². The molecular weight excluding hydrogens is 409 g/mol. The van der Waals surface area contributed by atoms with Crippen LogP contribution in [0.5, 0.6) is 0 Å². The highest BCUT2D eigenvalue weighted by Gasteiger charge is 2.31. The van der Waals surface area contributed by atoms with Crippen LogP contribution in [-0.4, -0.2) is 22.2 Å². The molecule has 3 aromatic rings. The number of nitrogens with zero attached hydrogens (tertiary/aromatic N) is 1. The molecule has 8 heteroatoms. The minimum atomic E-state index is -0.664. The second kappa shape index (κ2) is 7.46. The molecule has 4 N–H and O–H groups in total. The van der Waals surface area contributed by atoms with Crippen molar-refractivity contribution in [3.63, 3.8) is 0 Å². The van der Waals surface area contributed by atoms with Crippen LogP contribution in [0.1, 0.15) is 22.1 Å². The Morgan fingerprint density at radius 3 is 3.00 bits per heavy atom. The molecule has 0 bridgehead atoms. The van der Waals surface area contributed by atoms with Crippen LogP contribution < -0.4 is 11.1 Å². The maximum atomic E-state index is 10.1. The molecular formula is C18H17Cl2N3OS2. The third-order valence-corrected chi connectivity index (χ3v) is 7.44. The summed E-state index contributed by atoms with van der Waals surface area (Å²) in [6.07, 6.45) is 3.78. The number of nitrogens with one attached hydrogen (secondary N) is 1. The third kappa shape index (κ3) is 3.38. The Labute approximate surface area is 169 Å². The van der Waals surface area contributed by atoms with Crippen molar-refractivity contribution in [2.45, 2.75) is 31.0 Å². The number of hydrogen-bond donors (Lipinski definition) is 3. The van der Waals surface area contributed by atoms with Gasteiger partial charge in [-0.05, 0) is 17.9 Å². The van der Waals surface area contributed by atoms with E-state index in [1.54, 1.807) is 28.7 Å².